The molecule has 4 heterocycles. The van der Waals surface area contributed by atoms with Gasteiger partial charge in [-0.25, -0.2) is 4.98 Å². The number of aromatic nitrogens is 5. The van der Waals surface area contributed by atoms with Crippen molar-refractivity contribution in [2.75, 3.05) is 13.2 Å². The third kappa shape index (κ3) is 4.46. The molecule has 0 amide bonds. The number of nitrogens with zero attached hydrogens (tertiary/aromatic N) is 5. The van der Waals surface area contributed by atoms with Crippen LogP contribution in [0.3, 0.4) is 0 Å². The third-order valence-electron chi connectivity index (χ3n) is 5.95. The number of thioether (sulfide) groups is 1. The summed E-state index contributed by atoms with van der Waals surface area (Å²) in [5.74, 6) is 2.71. The molecule has 9 heteroatoms. The monoisotopic (exact) mass is 485 g/mol. The summed E-state index contributed by atoms with van der Waals surface area (Å²) in [7, 11) is 0. The van der Waals surface area contributed by atoms with Gasteiger partial charge in [0.25, 0.3) is 11.3 Å². The number of hydrogen-bond donors (Lipinski definition) is 0. The second-order valence-electron chi connectivity index (χ2n) is 8.33. The lowest BCUT2D eigenvalue weighted by molar-refractivity contribution is 0.297. The summed E-state index contributed by atoms with van der Waals surface area (Å²) >= 11 is 1.51. The summed E-state index contributed by atoms with van der Waals surface area (Å²) in [6.45, 7) is 1.93. The van der Waals surface area contributed by atoms with Gasteiger partial charge in [-0.1, -0.05) is 48.2 Å². The molecule has 0 aliphatic carbocycles. The van der Waals surface area contributed by atoms with E-state index in [2.05, 4.69) is 27.2 Å². The van der Waals surface area contributed by atoms with Gasteiger partial charge in [0.1, 0.15) is 0 Å². The Balaban J connectivity index is 1.22. The van der Waals surface area contributed by atoms with Crippen LogP contribution >= 0.6 is 11.8 Å². The van der Waals surface area contributed by atoms with Crippen molar-refractivity contribution in [3.05, 3.63) is 88.5 Å². The molecule has 6 rings (SSSR count). The van der Waals surface area contributed by atoms with E-state index in [-0.39, 0.29) is 5.56 Å². The minimum atomic E-state index is -0.0790. The third-order valence-corrected chi connectivity index (χ3v) is 6.86. The summed E-state index contributed by atoms with van der Waals surface area (Å²) in [5.41, 5.74) is 2.91. The minimum absolute atomic E-state index is 0.0790. The normalized spacial score (nSPS) is 13.3. The maximum atomic E-state index is 13.1. The Morgan fingerprint density at radius 2 is 1.83 bits per heavy atom. The van der Waals surface area contributed by atoms with Crippen LogP contribution in [0.2, 0.25) is 0 Å². The van der Waals surface area contributed by atoms with Gasteiger partial charge in [0.15, 0.2) is 11.5 Å². The molecule has 1 aliphatic rings. The van der Waals surface area contributed by atoms with E-state index in [0.717, 1.165) is 29.9 Å². The first-order chi connectivity index (χ1) is 17.2. The fourth-order valence-electron chi connectivity index (χ4n) is 4.12. The highest BCUT2D eigenvalue weighted by Crippen LogP contribution is 2.32. The highest BCUT2D eigenvalue weighted by molar-refractivity contribution is 7.98. The van der Waals surface area contributed by atoms with Gasteiger partial charge in [0.2, 0.25) is 5.16 Å². The van der Waals surface area contributed by atoms with Crippen molar-refractivity contribution in [2.45, 2.75) is 30.3 Å². The second-order valence-corrected chi connectivity index (χ2v) is 9.28. The fraction of sp³-hybridized carbons (Fsp3) is 0.231. The van der Waals surface area contributed by atoms with Crippen LogP contribution in [0.5, 0.6) is 11.5 Å². The Hall–Kier alpha value is -3.85. The number of benzene rings is 2. The zero-order valence-corrected chi connectivity index (χ0v) is 19.8. The molecule has 0 N–H and O–H groups in total. The molecule has 3 aromatic heterocycles. The summed E-state index contributed by atoms with van der Waals surface area (Å²) in [4.78, 5) is 22.0. The van der Waals surface area contributed by atoms with Crippen molar-refractivity contribution < 1.29 is 9.47 Å². The second kappa shape index (κ2) is 9.42. The SMILES string of the molecule is O=c1c2cnc3nc(SCc4ccc5c(c4)OCCCO5)nn3c2ccn1CCc1ccccc1. The Bertz CT molecular complexity index is 1560. The molecule has 0 fully saturated rings. The van der Waals surface area contributed by atoms with Crippen LogP contribution < -0.4 is 15.0 Å². The Morgan fingerprint density at radius 1 is 0.971 bits per heavy atom. The average molecular weight is 486 g/mol. The van der Waals surface area contributed by atoms with Gasteiger partial charge in [-0.05, 0) is 35.7 Å². The molecule has 8 nitrogen and oxygen atoms in total. The van der Waals surface area contributed by atoms with Gasteiger partial charge >= 0.3 is 0 Å². The van der Waals surface area contributed by atoms with Gasteiger partial charge in [-0.2, -0.15) is 9.50 Å². The fourth-order valence-corrected chi connectivity index (χ4v) is 4.88. The predicted octanol–water partition coefficient (Wildman–Crippen LogP) is 4.14. The molecule has 0 unspecified atom stereocenters. The molecule has 0 saturated carbocycles. The largest absolute Gasteiger partial charge is 0.490 e. The van der Waals surface area contributed by atoms with Crippen LogP contribution in [0.15, 0.2) is 76.9 Å². The maximum Gasteiger partial charge on any atom is 0.261 e. The molecule has 2 aromatic carbocycles. The van der Waals surface area contributed by atoms with Crippen LogP contribution in [0.4, 0.5) is 0 Å². The summed E-state index contributed by atoms with van der Waals surface area (Å²) in [6, 6.07) is 18.0. The lowest BCUT2D eigenvalue weighted by atomic mass is 10.1. The highest BCUT2D eigenvalue weighted by atomic mass is 32.2. The van der Waals surface area contributed by atoms with Crippen LogP contribution in [0.25, 0.3) is 16.7 Å². The van der Waals surface area contributed by atoms with E-state index in [1.165, 1.54) is 17.3 Å². The van der Waals surface area contributed by atoms with Gasteiger partial charge < -0.3 is 14.0 Å². The van der Waals surface area contributed by atoms with E-state index >= 15 is 0 Å². The van der Waals surface area contributed by atoms with Gasteiger partial charge in [0, 0.05) is 31.1 Å². The smallest absolute Gasteiger partial charge is 0.261 e. The molecular weight excluding hydrogens is 462 g/mol. The lowest BCUT2D eigenvalue weighted by Gasteiger charge is -2.08. The van der Waals surface area contributed by atoms with Gasteiger partial charge in [-0.15, -0.1) is 5.10 Å². The van der Waals surface area contributed by atoms with Crippen LogP contribution in [0, 0.1) is 0 Å². The number of rotatable bonds is 6. The first kappa shape index (κ1) is 21.7. The quantitative estimate of drug-likeness (QED) is 0.334. The number of hydrogen-bond acceptors (Lipinski definition) is 7. The van der Waals surface area contributed by atoms with Crippen molar-refractivity contribution in [3.63, 3.8) is 0 Å². The van der Waals surface area contributed by atoms with Crippen molar-refractivity contribution >= 4 is 28.4 Å². The van der Waals surface area contributed by atoms with Gasteiger partial charge in [0.05, 0.1) is 24.1 Å². The number of ether oxygens (including phenoxy) is 2. The number of aryl methyl sites for hydroxylation is 2. The molecule has 1 aliphatic heterocycles. The maximum absolute atomic E-state index is 13.1. The standard InChI is InChI=1S/C26H23N5O3S/c32-24-20-16-27-25-28-26(35-17-19-7-8-22-23(15-19)34-14-4-13-33-22)29-31(25)21(20)10-12-30(24)11-9-18-5-2-1-3-6-18/h1-3,5-8,10,12,15-16H,4,9,11,13-14,17H2. The molecule has 0 saturated heterocycles. The van der Waals surface area contributed by atoms with E-state index in [1.807, 2.05) is 48.7 Å². The Labute approximate surface area is 205 Å². The first-order valence-corrected chi connectivity index (χ1v) is 12.5. The van der Waals surface area contributed by atoms with Crippen molar-refractivity contribution in [1.29, 1.82) is 0 Å². The topological polar surface area (TPSA) is 83.5 Å². The minimum Gasteiger partial charge on any atom is -0.490 e. The molecule has 35 heavy (non-hydrogen) atoms. The highest BCUT2D eigenvalue weighted by Gasteiger charge is 2.14. The van der Waals surface area contributed by atoms with Crippen molar-refractivity contribution in [1.82, 2.24) is 24.1 Å². The Morgan fingerprint density at radius 3 is 2.71 bits per heavy atom. The number of fused-ring (bicyclic) bond motifs is 4. The molecule has 0 radical (unpaired) electrons. The molecule has 0 spiro atoms. The molecular formula is C26H23N5O3S. The summed E-state index contributed by atoms with van der Waals surface area (Å²) in [5, 5.41) is 5.75. The summed E-state index contributed by atoms with van der Waals surface area (Å²) < 4.78 is 14.9. The zero-order chi connectivity index (χ0) is 23.6. The molecule has 5 aromatic rings. The van der Waals surface area contributed by atoms with E-state index in [9.17, 15) is 4.79 Å². The van der Waals surface area contributed by atoms with Crippen molar-refractivity contribution in [3.8, 4) is 11.5 Å². The van der Waals surface area contributed by atoms with E-state index in [1.54, 1.807) is 15.3 Å². The van der Waals surface area contributed by atoms with E-state index in [4.69, 9.17) is 9.47 Å². The predicted molar refractivity (Wildman–Crippen MR) is 134 cm³/mol. The van der Waals surface area contributed by atoms with Crippen molar-refractivity contribution in [2.24, 2.45) is 0 Å². The zero-order valence-electron chi connectivity index (χ0n) is 19.0. The van der Waals surface area contributed by atoms with E-state index in [0.29, 0.717) is 47.3 Å². The van der Waals surface area contributed by atoms with Gasteiger partial charge in [-0.3, -0.25) is 4.79 Å². The molecule has 176 valence electrons. The van der Waals surface area contributed by atoms with Crippen LogP contribution in [-0.4, -0.2) is 37.4 Å². The average Bonchev–Trinajstić information content (AvgIpc) is 3.17. The van der Waals surface area contributed by atoms with Crippen LogP contribution in [0.1, 0.15) is 17.5 Å². The first-order valence-electron chi connectivity index (χ1n) is 11.5. The molecule has 0 bridgehead atoms. The van der Waals surface area contributed by atoms with E-state index < -0.39 is 0 Å². The summed E-state index contributed by atoms with van der Waals surface area (Å²) in [6.07, 6.45) is 5.08. The molecule has 0 atom stereocenters. The lowest BCUT2D eigenvalue weighted by Crippen LogP contribution is -2.21. The number of pyridine rings is 1. The Kier molecular flexibility index (Phi) is 5.83. The van der Waals surface area contributed by atoms with Crippen LogP contribution in [-0.2, 0) is 18.7 Å².